The van der Waals surface area contributed by atoms with E-state index in [1.165, 1.54) is 21.3 Å². The van der Waals surface area contributed by atoms with Gasteiger partial charge in [0.05, 0.1) is 33.3 Å². The molecule has 0 aromatic heterocycles. The van der Waals surface area contributed by atoms with Gasteiger partial charge in [0.15, 0.2) is 5.78 Å². The summed E-state index contributed by atoms with van der Waals surface area (Å²) in [5.41, 5.74) is 1.77. The van der Waals surface area contributed by atoms with Crippen LogP contribution in [0.5, 0.6) is 5.75 Å². The Labute approximate surface area is 128 Å². The Balaban J connectivity index is 2.69. The first-order valence-electron chi connectivity index (χ1n) is 6.94. The summed E-state index contributed by atoms with van der Waals surface area (Å²) in [6.45, 7) is 0. The number of carbonyl (C=O) groups is 3. The lowest BCUT2D eigenvalue weighted by Gasteiger charge is -2.22. The Kier molecular flexibility index (Phi) is 4.80. The molecule has 0 heterocycles. The van der Waals surface area contributed by atoms with Crippen LogP contribution in [0, 0.1) is 0 Å². The van der Waals surface area contributed by atoms with Crippen LogP contribution in [0.2, 0.25) is 0 Å². The lowest BCUT2D eigenvalue weighted by molar-refractivity contribution is -0.139. The maximum atomic E-state index is 12.2. The van der Waals surface area contributed by atoms with Crippen molar-refractivity contribution in [2.24, 2.45) is 0 Å². The van der Waals surface area contributed by atoms with Crippen LogP contribution in [-0.4, -0.2) is 39.1 Å². The normalized spacial score (nSPS) is 13.3. The Bertz CT molecular complexity index is 632. The average molecular weight is 306 g/mol. The molecule has 0 saturated heterocycles. The molecule has 6 nitrogen and oxygen atoms in total. The fourth-order valence-electron chi connectivity index (χ4n) is 2.74. The number of fused-ring (bicyclic) bond motifs is 1. The first-order valence-corrected chi connectivity index (χ1v) is 6.94. The van der Waals surface area contributed by atoms with Crippen LogP contribution in [0.1, 0.15) is 44.7 Å². The monoisotopic (exact) mass is 306 g/mol. The Morgan fingerprint density at radius 1 is 1.14 bits per heavy atom. The van der Waals surface area contributed by atoms with Gasteiger partial charge in [-0.25, -0.2) is 4.79 Å². The number of Topliss-reactive ketones (excluding diaryl/α,β-unsaturated/α-hetero) is 1. The van der Waals surface area contributed by atoms with E-state index in [2.05, 4.69) is 4.74 Å². The van der Waals surface area contributed by atoms with Crippen molar-refractivity contribution in [2.45, 2.75) is 25.7 Å². The summed E-state index contributed by atoms with van der Waals surface area (Å²) < 4.78 is 14.8. The molecule has 22 heavy (non-hydrogen) atoms. The van der Waals surface area contributed by atoms with Crippen molar-refractivity contribution in [1.82, 2.24) is 0 Å². The molecule has 0 unspecified atom stereocenters. The molecule has 6 heteroatoms. The van der Waals surface area contributed by atoms with Crippen molar-refractivity contribution in [3.05, 3.63) is 28.3 Å². The van der Waals surface area contributed by atoms with E-state index in [9.17, 15) is 14.4 Å². The summed E-state index contributed by atoms with van der Waals surface area (Å²) in [6, 6.07) is 1.71. The van der Waals surface area contributed by atoms with Crippen LogP contribution >= 0.6 is 0 Å². The lowest BCUT2D eigenvalue weighted by atomic mass is 9.85. The number of esters is 2. The van der Waals surface area contributed by atoms with Crippen LogP contribution in [0.25, 0.3) is 0 Å². The van der Waals surface area contributed by atoms with E-state index in [0.717, 1.165) is 12.0 Å². The highest BCUT2D eigenvalue weighted by Crippen LogP contribution is 2.36. The highest BCUT2D eigenvalue weighted by molar-refractivity contribution is 6.06. The first-order chi connectivity index (χ1) is 10.5. The molecule has 0 spiro atoms. The third-order valence-corrected chi connectivity index (χ3v) is 3.73. The van der Waals surface area contributed by atoms with E-state index < -0.39 is 11.9 Å². The molecule has 0 fully saturated rings. The molecule has 0 bridgehead atoms. The number of hydrogen-bond donors (Lipinski definition) is 0. The minimum atomic E-state index is -0.642. The van der Waals surface area contributed by atoms with Crippen molar-refractivity contribution >= 4 is 17.7 Å². The van der Waals surface area contributed by atoms with Crippen LogP contribution < -0.4 is 4.74 Å². The average Bonchev–Trinajstić information content (AvgIpc) is 2.52. The second-order valence-electron chi connectivity index (χ2n) is 5.00. The maximum absolute atomic E-state index is 12.2. The molecule has 0 saturated carbocycles. The summed E-state index contributed by atoms with van der Waals surface area (Å²) in [5.74, 6) is -0.993. The largest absolute Gasteiger partial charge is 0.495 e. The molecule has 0 amide bonds. The highest BCUT2D eigenvalue weighted by atomic mass is 16.5. The zero-order valence-corrected chi connectivity index (χ0v) is 12.9. The van der Waals surface area contributed by atoms with Crippen LogP contribution in [-0.2, 0) is 27.1 Å². The van der Waals surface area contributed by atoms with E-state index in [4.69, 9.17) is 9.47 Å². The summed E-state index contributed by atoms with van der Waals surface area (Å²) in [5, 5.41) is 0. The van der Waals surface area contributed by atoms with Gasteiger partial charge >= 0.3 is 11.9 Å². The number of benzene rings is 1. The molecule has 1 aliphatic rings. The van der Waals surface area contributed by atoms with E-state index in [-0.39, 0.29) is 23.5 Å². The standard InChI is InChI=1S/C16H18O6/c1-20-12(18)8-10-7-9-5-4-6-11(17)13(9)15(21-2)14(10)16(19)22-3/h7H,4-6,8H2,1-3H3. The molecule has 118 valence electrons. The summed E-state index contributed by atoms with van der Waals surface area (Å²) in [7, 11) is 3.91. The minimum Gasteiger partial charge on any atom is -0.495 e. The molecular weight excluding hydrogens is 288 g/mol. The molecular formula is C16H18O6. The number of aryl methyl sites for hydroxylation is 1. The predicted octanol–water partition coefficient (Wildman–Crippen LogP) is 1.72. The van der Waals surface area contributed by atoms with E-state index in [0.29, 0.717) is 24.0 Å². The van der Waals surface area contributed by atoms with Crippen molar-refractivity contribution in [3.8, 4) is 5.75 Å². The third-order valence-electron chi connectivity index (χ3n) is 3.73. The number of ketones is 1. The molecule has 1 aliphatic carbocycles. The molecule has 1 aromatic carbocycles. The fraction of sp³-hybridized carbons (Fsp3) is 0.438. The van der Waals surface area contributed by atoms with Gasteiger partial charge in [-0.15, -0.1) is 0 Å². The minimum absolute atomic E-state index is 0.0622. The third kappa shape index (κ3) is 2.81. The molecule has 0 radical (unpaired) electrons. The van der Waals surface area contributed by atoms with Gasteiger partial charge in [-0.1, -0.05) is 6.07 Å². The van der Waals surface area contributed by atoms with Gasteiger partial charge in [0.25, 0.3) is 0 Å². The molecule has 0 aliphatic heterocycles. The SMILES string of the molecule is COC(=O)Cc1cc2c(c(OC)c1C(=O)OC)C(=O)CCC2. The second kappa shape index (κ2) is 6.60. The summed E-state index contributed by atoms with van der Waals surface area (Å²) >= 11 is 0. The molecule has 0 N–H and O–H groups in total. The van der Waals surface area contributed by atoms with E-state index in [1.807, 2.05) is 0 Å². The van der Waals surface area contributed by atoms with E-state index in [1.54, 1.807) is 6.07 Å². The lowest BCUT2D eigenvalue weighted by Crippen LogP contribution is -2.19. The zero-order chi connectivity index (χ0) is 16.3. The second-order valence-corrected chi connectivity index (χ2v) is 5.00. The van der Waals surface area contributed by atoms with Gasteiger partial charge in [0.2, 0.25) is 0 Å². The van der Waals surface area contributed by atoms with Gasteiger partial charge in [0, 0.05) is 6.42 Å². The number of carbonyl (C=O) groups excluding carboxylic acids is 3. The quantitative estimate of drug-likeness (QED) is 0.788. The number of ether oxygens (including phenoxy) is 3. The zero-order valence-electron chi connectivity index (χ0n) is 12.9. The van der Waals surface area contributed by atoms with Crippen molar-refractivity contribution in [2.75, 3.05) is 21.3 Å². The van der Waals surface area contributed by atoms with Crippen molar-refractivity contribution in [1.29, 1.82) is 0 Å². The van der Waals surface area contributed by atoms with Gasteiger partial charge in [-0.05, 0) is 24.0 Å². The maximum Gasteiger partial charge on any atom is 0.341 e. The van der Waals surface area contributed by atoms with Gasteiger partial charge in [0.1, 0.15) is 11.3 Å². The summed E-state index contributed by atoms with van der Waals surface area (Å²) in [6.07, 6.45) is 1.77. The van der Waals surface area contributed by atoms with Crippen molar-refractivity contribution < 1.29 is 28.6 Å². The molecule has 2 rings (SSSR count). The van der Waals surface area contributed by atoms with Crippen molar-refractivity contribution in [3.63, 3.8) is 0 Å². The number of rotatable bonds is 4. The molecule has 1 aromatic rings. The predicted molar refractivity (Wildman–Crippen MR) is 77.3 cm³/mol. The Morgan fingerprint density at radius 2 is 1.86 bits per heavy atom. The van der Waals surface area contributed by atoms with Gasteiger partial charge in [-0.3, -0.25) is 9.59 Å². The Morgan fingerprint density at radius 3 is 2.45 bits per heavy atom. The first kappa shape index (κ1) is 16.0. The van der Waals surface area contributed by atoms with Crippen LogP contribution in [0.3, 0.4) is 0 Å². The van der Waals surface area contributed by atoms with E-state index >= 15 is 0 Å². The summed E-state index contributed by atoms with van der Waals surface area (Å²) in [4.78, 5) is 35.9. The van der Waals surface area contributed by atoms with Crippen LogP contribution in [0.15, 0.2) is 6.07 Å². The smallest absolute Gasteiger partial charge is 0.341 e. The van der Waals surface area contributed by atoms with Gasteiger partial charge in [-0.2, -0.15) is 0 Å². The Hall–Kier alpha value is -2.37. The number of methoxy groups -OCH3 is 3. The topological polar surface area (TPSA) is 78.9 Å². The van der Waals surface area contributed by atoms with Gasteiger partial charge < -0.3 is 14.2 Å². The van der Waals surface area contributed by atoms with Crippen LogP contribution in [0.4, 0.5) is 0 Å². The number of hydrogen-bond acceptors (Lipinski definition) is 6. The fourth-order valence-corrected chi connectivity index (χ4v) is 2.74. The highest BCUT2D eigenvalue weighted by Gasteiger charge is 2.30. The molecule has 0 atom stereocenters.